The van der Waals surface area contributed by atoms with E-state index in [1.807, 2.05) is 4.90 Å². The lowest BCUT2D eigenvalue weighted by Gasteiger charge is -2.31. The zero-order valence-corrected chi connectivity index (χ0v) is 18.0. The highest BCUT2D eigenvalue weighted by Gasteiger charge is 2.28. The van der Waals surface area contributed by atoms with E-state index >= 15 is 0 Å². The summed E-state index contributed by atoms with van der Waals surface area (Å²) in [5.74, 6) is 1.20. The van der Waals surface area contributed by atoms with E-state index in [9.17, 15) is 4.79 Å². The number of Topliss-reactive ketones (excluding diaryl/α,β-unsaturated/α-hetero) is 1. The number of fused-ring (bicyclic) bond motifs is 2. The Bertz CT molecular complexity index is 930. The van der Waals surface area contributed by atoms with Gasteiger partial charge in [-0.2, -0.15) is 9.97 Å². The minimum absolute atomic E-state index is 0.133. The number of hydrogen-bond donors (Lipinski definition) is 1. The zero-order chi connectivity index (χ0) is 21.1. The van der Waals surface area contributed by atoms with Gasteiger partial charge in [-0.3, -0.25) is 9.69 Å². The van der Waals surface area contributed by atoms with Gasteiger partial charge >= 0.3 is 6.01 Å². The maximum absolute atomic E-state index is 12.4. The molecule has 160 valence electrons. The Balaban J connectivity index is 1.57. The zero-order valence-electron chi connectivity index (χ0n) is 18.0. The summed E-state index contributed by atoms with van der Waals surface area (Å²) in [7, 11) is 0. The number of rotatable bonds is 7. The molecule has 1 aromatic heterocycles. The van der Waals surface area contributed by atoms with Gasteiger partial charge in [-0.25, -0.2) is 0 Å². The summed E-state index contributed by atoms with van der Waals surface area (Å²) in [6.45, 7) is 9.02. The van der Waals surface area contributed by atoms with Crippen molar-refractivity contribution in [2.75, 3.05) is 36.9 Å². The second-order valence-electron chi connectivity index (χ2n) is 8.19. The van der Waals surface area contributed by atoms with Crippen molar-refractivity contribution in [3.63, 3.8) is 0 Å². The van der Waals surface area contributed by atoms with Crippen LogP contribution in [-0.4, -0.2) is 46.9 Å². The molecule has 0 atom stereocenters. The van der Waals surface area contributed by atoms with Gasteiger partial charge < -0.3 is 15.4 Å². The van der Waals surface area contributed by atoms with Gasteiger partial charge in [0.25, 0.3) is 0 Å². The van der Waals surface area contributed by atoms with E-state index < -0.39 is 0 Å². The number of carbonyl (C=O) groups is 1. The number of ether oxygens (including phenoxy) is 1. The molecule has 30 heavy (non-hydrogen) atoms. The Labute approximate surface area is 178 Å². The lowest BCUT2D eigenvalue weighted by atomic mass is 9.96. The third kappa shape index (κ3) is 4.41. The van der Waals surface area contributed by atoms with Crippen LogP contribution in [0.15, 0.2) is 18.2 Å². The smallest absolute Gasteiger partial charge is 0.320 e. The normalized spacial score (nSPS) is 16.3. The summed E-state index contributed by atoms with van der Waals surface area (Å²) < 4.78 is 5.70. The predicted molar refractivity (Wildman–Crippen MR) is 118 cm³/mol. The van der Waals surface area contributed by atoms with Crippen molar-refractivity contribution < 1.29 is 9.53 Å². The molecular weight excluding hydrogens is 378 g/mol. The van der Waals surface area contributed by atoms with Crippen molar-refractivity contribution in [3.8, 4) is 6.01 Å². The molecule has 2 N–H and O–H groups in total. The monoisotopic (exact) mass is 409 g/mol. The molecule has 7 nitrogen and oxygen atoms in total. The summed E-state index contributed by atoms with van der Waals surface area (Å²) >= 11 is 0. The average Bonchev–Trinajstić information content (AvgIpc) is 2.74. The van der Waals surface area contributed by atoms with Gasteiger partial charge in [-0.15, -0.1) is 0 Å². The topological polar surface area (TPSA) is 84.6 Å². The van der Waals surface area contributed by atoms with Gasteiger partial charge in [-0.1, -0.05) is 38.5 Å². The number of benzene rings is 1. The van der Waals surface area contributed by atoms with Crippen LogP contribution in [0.1, 0.15) is 48.9 Å². The molecule has 0 saturated heterocycles. The molecule has 0 bridgehead atoms. The molecule has 3 heterocycles. The summed E-state index contributed by atoms with van der Waals surface area (Å²) in [6.07, 6.45) is 3.32. The molecule has 1 aromatic carbocycles. The van der Waals surface area contributed by atoms with Gasteiger partial charge in [0.1, 0.15) is 11.6 Å². The fourth-order valence-corrected chi connectivity index (χ4v) is 4.20. The van der Waals surface area contributed by atoms with Crippen molar-refractivity contribution in [1.82, 2.24) is 14.9 Å². The van der Waals surface area contributed by atoms with E-state index in [0.29, 0.717) is 37.1 Å². The number of aromatic nitrogens is 2. The first-order valence-electron chi connectivity index (χ1n) is 11.0. The van der Waals surface area contributed by atoms with Gasteiger partial charge in [0, 0.05) is 31.6 Å². The number of nitrogens with two attached hydrogens (primary N) is 1. The van der Waals surface area contributed by atoms with E-state index in [1.165, 1.54) is 16.7 Å². The van der Waals surface area contributed by atoms with Crippen molar-refractivity contribution in [1.29, 1.82) is 0 Å². The van der Waals surface area contributed by atoms with E-state index in [-0.39, 0.29) is 12.2 Å². The molecule has 4 rings (SSSR count). The second-order valence-corrected chi connectivity index (χ2v) is 8.19. The molecule has 0 fully saturated rings. The SMILES string of the molecule is CCCCOc1nc(N)c2c(n1)N(Cc1ccc3c(c1)CCN(CC)C3)CC(=O)C2. The van der Waals surface area contributed by atoms with E-state index in [4.69, 9.17) is 10.5 Å². The van der Waals surface area contributed by atoms with E-state index in [2.05, 4.69) is 46.9 Å². The maximum atomic E-state index is 12.4. The van der Waals surface area contributed by atoms with Gasteiger partial charge in [0.2, 0.25) is 0 Å². The highest BCUT2D eigenvalue weighted by Crippen LogP contribution is 2.31. The Kier molecular flexibility index (Phi) is 6.18. The van der Waals surface area contributed by atoms with Crippen molar-refractivity contribution in [3.05, 3.63) is 40.5 Å². The lowest BCUT2D eigenvalue weighted by molar-refractivity contribution is -0.117. The first-order valence-corrected chi connectivity index (χ1v) is 11.0. The summed E-state index contributed by atoms with van der Waals surface area (Å²) in [6, 6.07) is 6.97. The number of likely N-dealkylation sites (N-methyl/N-ethyl adjacent to an activating group) is 1. The van der Waals surface area contributed by atoms with Crippen LogP contribution in [-0.2, 0) is 30.7 Å². The highest BCUT2D eigenvalue weighted by atomic mass is 16.5. The quantitative estimate of drug-likeness (QED) is 0.704. The van der Waals surface area contributed by atoms with Crippen LogP contribution >= 0.6 is 0 Å². The standard InChI is InChI=1S/C23H31N5O2/c1-3-5-10-30-23-25-21(24)20-12-19(29)15-28(22(20)26-23)13-16-6-7-18-14-27(4-2)9-8-17(18)11-16/h6-7,11H,3-5,8-10,12-15H2,1-2H3,(H2,24,25,26). The van der Waals surface area contributed by atoms with Crippen molar-refractivity contribution in [2.24, 2.45) is 0 Å². The van der Waals surface area contributed by atoms with Crippen LogP contribution in [0.3, 0.4) is 0 Å². The molecule has 0 unspecified atom stereocenters. The Morgan fingerprint density at radius 2 is 2.03 bits per heavy atom. The third-order valence-corrected chi connectivity index (χ3v) is 5.95. The van der Waals surface area contributed by atoms with Crippen molar-refractivity contribution >= 4 is 17.4 Å². The number of nitrogens with zero attached hydrogens (tertiary/aromatic N) is 4. The fourth-order valence-electron chi connectivity index (χ4n) is 4.20. The Hall–Kier alpha value is -2.67. The van der Waals surface area contributed by atoms with Crippen LogP contribution in [0.5, 0.6) is 6.01 Å². The number of hydrogen-bond acceptors (Lipinski definition) is 7. The van der Waals surface area contributed by atoms with Crippen LogP contribution < -0.4 is 15.4 Å². The third-order valence-electron chi connectivity index (χ3n) is 5.95. The van der Waals surface area contributed by atoms with Gasteiger partial charge in [0.05, 0.1) is 13.2 Å². The number of ketones is 1. The van der Waals surface area contributed by atoms with Crippen LogP contribution in [0.4, 0.5) is 11.6 Å². The van der Waals surface area contributed by atoms with E-state index in [0.717, 1.165) is 44.7 Å². The van der Waals surface area contributed by atoms with Crippen LogP contribution in [0, 0.1) is 0 Å². The second kappa shape index (κ2) is 9.00. The first-order chi connectivity index (χ1) is 14.6. The maximum Gasteiger partial charge on any atom is 0.320 e. The highest BCUT2D eigenvalue weighted by molar-refractivity contribution is 5.91. The molecule has 0 aliphatic carbocycles. The van der Waals surface area contributed by atoms with Crippen molar-refractivity contribution in [2.45, 2.75) is 52.6 Å². The average molecular weight is 410 g/mol. The van der Waals surface area contributed by atoms with Gasteiger partial charge in [-0.05, 0) is 36.1 Å². The molecule has 0 amide bonds. The van der Waals surface area contributed by atoms with Crippen LogP contribution in [0.2, 0.25) is 0 Å². The number of carbonyl (C=O) groups excluding carboxylic acids is 1. The lowest BCUT2D eigenvalue weighted by Crippen LogP contribution is -2.37. The fraction of sp³-hybridized carbons (Fsp3) is 0.522. The molecule has 2 aliphatic rings. The number of nitrogen functional groups attached to an aromatic ring is 1. The molecule has 2 aromatic rings. The Morgan fingerprint density at radius 1 is 1.17 bits per heavy atom. The first kappa shape index (κ1) is 20.6. The summed E-state index contributed by atoms with van der Waals surface area (Å²) in [5, 5.41) is 0. The minimum atomic E-state index is 0.133. The molecule has 2 aliphatic heterocycles. The molecular formula is C23H31N5O2. The summed E-state index contributed by atoms with van der Waals surface area (Å²) in [5.41, 5.74) is 10.9. The van der Waals surface area contributed by atoms with Gasteiger partial charge in [0.15, 0.2) is 5.78 Å². The van der Waals surface area contributed by atoms with E-state index in [1.54, 1.807) is 0 Å². The minimum Gasteiger partial charge on any atom is -0.463 e. The molecule has 0 saturated carbocycles. The number of unbranched alkanes of at least 4 members (excludes halogenated alkanes) is 1. The largest absolute Gasteiger partial charge is 0.463 e. The number of anilines is 2. The van der Waals surface area contributed by atoms with Crippen LogP contribution in [0.25, 0.3) is 0 Å². The molecule has 0 spiro atoms. The molecule has 7 heteroatoms. The summed E-state index contributed by atoms with van der Waals surface area (Å²) in [4.78, 5) is 25.7. The Morgan fingerprint density at radius 3 is 2.83 bits per heavy atom. The predicted octanol–water partition coefficient (Wildman–Crippen LogP) is 2.75. The molecule has 0 radical (unpaired) electrons.